The van der Waals surface area contributed by atoms with E-state index in [1.165, 1.54) is 13.2 Å². The number of fused-ring (bicyclic) bond motifs is 1. The minimum atomic E-state index is -4.26. The maximum absolute atomic E-state index is 15.1. The molecule has 3 aromatic rings. The predicted molar refractivity (Wildman–Crippen MR) is 156 cm³/mol. The van der Waals surface area contributed by atoms with Crippen molar-refractivity contribution in [3.05, 3.63) is 76.7 Å². The molecule has 6 nitrogen and oxygen atoms in total. The average Bonchev–Trinajstić information content (AvgIpc) is 3.72. The minimum absolute atomic E-state index is 0.0309. The van der Waals surface area contributed by atoms with Gasteiger partial charge in [-0.1, -0.05) is 37.3 Å². The van der Waals surface area contributed by atoms with Crippen molar-refractivity contribution in [1.82, 2.24) is 9.88 Å². The predicted octanol–water partition coefficient (Wildman–Crippen LogP) is 7.56. The van der Waals surface area contributed by atoms with Gasteiger partial charge in [0.1, 0.15) is 17.7 Å². The van der Waals surface area contributed by atoms with Crippen LogP contribution in [0.25, 0.3) is 11.1 Å². The zero-order chi connectivity index (χ0) is 31.2. The first kappa shape index (κ1) is 30.4. The summed E-state index contributed by atoms with van der Waals surface area (Å²) in [6.45, 7) is 2.17. The van der Waals surface area contributed by atoms with Crippen molar-refractivity contribution in [2.75, 3.05) is 20.2 Å². The fourth-order valence-corrected chi connectivity index (χ4v) is 6.84. The zero-order valence-corrected chi connectivity index (χ0v) is 24.7. The topological polar surface area (TPSA) is 71.9 Å². The lowest BCUT2D eigenvalue weighted by Gasteiger charge is -2.29. The number of benzene rings is 2. The molecule has 44 heavy (non-hydrogen) atoms. The second-order valence-electron chi connectivity index (χ2n) is 12.4. The van der Waals surface area contributed by atoms with E-state index in [1.54, 1.807) is 17.9 Å². The standard InChI is InChI=1S/C34H36F4N2O4/c1-19(33(41)42)32(21-4-5-21)23-6-3-20-8-10-29(44-30(20)14-23)22-7-9-26(27-15-31(43-2)39-16-28(27)35)24(13-22)17-40-12-11-25(18-40)34(36,37)38/h3,6-7,9,13-16,19,21,25,29,32H,4-5,8,10-12,17-18H2,1-2H3,(H,41,42)/t19-,25-,29?,32-/m0/s1. The van der Waals surface area contributed by atoms with Crippen molar-refractivity contribution in [2.24, 2.45) is 17.8 Å². The number of alkyl halides is 3. The third-order valence-electron chi connectivity index (χ3n) is 9.44. The number of nitrogens with zero attached hydrogens (tertiary/aromatic N) is 2. The number of carboxylic acids is 1. The molecule has 1 aromatic heterocycles. The number of aryl methyl sites for hydroxylation is 1. The summed E-state index contributed by atoms with van der Waals surface area (Å²) in [7, 11) is 1.44. The van der Waals surface area contributed by atoms with E-state index in [-0.39, 0.29) is 43.0 Å². The summed E-state index contributed by atoms with van der Waals surface area (Å²) in [6.07, 6.45) is 0.0252. The van der Waals surface area contributed by atoms with E-state index in [0.29, 0.717) is 30.0 Å². The van der Waals surface area contributed by atoms with Gasteiger partial charge in [-0.05, 0) is 84.4 Å². The second kappa shape index (κ2) is 12.0. The van der Waals surface area contributed by atoms with Gasteiger partial charge < -0.3 is 14.6 Å². The van der Waals surface area contributed by atoms with Crippen molar-refractivity contribution in [1.29, 1.82) is 0 Å². The summed E-state index contributed by atoms with van der Waals surface area (Å²) in [5.41, 5.74) is 4.41. The summed E-state index contributed by atoms with van der Waals surface area (Å²) in [5, 5.41) is 9.73. The Morgan fingerprint density at radius 3 is 2.59 bits per heavy atom. The molecule has 3 aliphatic rings. The van der Waals surface area contributed by atoms with Crippen LogP contribution in [0.5, 0.6) is 11.6 Å². The Labute approximate surface area is 254 Å². The highest BCUT2D eigenvalue weighted by Gasteiger charge is 2.43. The van der Waals surface area contributed by atoms with Gasteiger partial charge in [-0.2, -0.15) is 13.2 Å². The summed E-state index contributed by atoms with van der Waals surface area (Å²) < 4.78 is 67.1. The number of ether oxygens (including phenoxy) is 2. The Kier molecular flexibility index (Phi) is 8.30. The van der Waals surface area contributed by atoms with Crippen LogP contribution in [0.15, 0.2) is 48.7 Å². The Hall–Kier alpha value is -3.66. The first-order valence-electron chi connectivity index (χ1n) is 15.2. The Morgan fingerprint density at radius 2 is 1.91 bits per heavy atom. The van der Waals surface area contributed by atoms with Crippen LogP contribution < -0.4 is 9.47 Å². The van der Waals surface area contributed by atoms with Crippen molar-refractivity contribution in [3.63, 3.8) is 0 Å². The highest BCUT2D eigenvalue weighted by atomic mass is 19.4. The van der Waals surface area contributed by atoms with Gasteiger partial charge in [0.15, 0.2) is 0 Å². The van der Waals surface area contributed by atoms with Crippen LogP contribution >= 0.6 is 0 Å². The molecule has 10 heteroatoms. The zero-order valence-electron chi connectivity index (χ0n) is 24.7. The Balaban J connectivity index is 1.31. The van der Waals surface area contributed by atoms with Gasteiger partial charge >= 0.3 is 12.1 Å². The third-order valence-corrected chi connectivity index (χ3v) is 9.44. The van der Waals surface area contributed by atoms with E-state index >= 15 is 4.39 Å². The normalized spacial score (nSPS) is 21.8. The molecule has 0 bridgehead atoms. The van der Waals surface area contributed by atoms with Crippen LogP contribution in [0.3, 0.4) is 0 Å². The lowest BCUT2D eigenvalue weighted by Crippen LogP contribution is -2.27. The number of carboxylic acid groups (broad SMARTS) is 1. The van der Waals surface area contributed by atoms with Gasteiger partial charge in [-0.25, -0.2) is 9.37 Å². The number of rotatable bonds is 9. The monoisotopic (exact) mass is 612 g/mol. The summed E-state index contributed by atoms with van der Waals surface area (Å²) in [5.74, 6) is -2.03. The van der Waals surface area contributed by atoms with E-state index in [1.807, 2.05) is 30.3 Å². The number of likely N-dealkylation sites (tertiary alicyclic amines) is 1. The smallest absolute Gasteiger partial charge is 0.393 e. The highest BCUT2D eigenvalue weighted by molar-refractivity contribution is 5.71. The molecule has 2 aliphatic heterocycles. The van der Waals surface area contributed by atoms with E-state index in [9.17, 15) is 23.1 Å². The largest absolute Gasteiger partial charge is 0.485 e. The third kappa shape index (κ3) is 6.27. The maximum atomic E-state index is 15.1. The molecule has 0 spiro atoms. The fraction of sp³-hybridized carbons (Fsp3) is 0.471. The van der Waals surface area contributed by atoms with Gasteiger partial charge in [-0.3, -0.25) is 9.69 Å². The first-order chi connectivity index (χ1) is 21.0. The molecule has 1 N–H and O–H groups in total. The molecule has 234 valence electrons. The number of halogens is 4. The lowest BCUT2D eigenvalue weighted by atomic mass is 9.82. The highest BCUT2D eigenvalue weighted by Crippen LogP contribution is 2.48. The van der Waals surface area contributed by atoms with Gasteiger partial charge in [-0.15, -0.1) is 0 Å². The number of pyridine rings is 1. The Bertz CT molecular complexity index is 1540. The molecule has 4 atom stereocenters. The number of carbonyl (C=O) groups is 1. The summed E-state index contributed by atoms with van der Waals surface area (Å²) in [6, 6.07) is 13.1. The molecule has 0 radical (unpaired) electrons. The second-order valence-corrected chi connectivity index (χ2v) is 12.4. The molecule has 2 fully saturated rings. The molecule has 1 saturated heterocycles. The van der Waals surface area contributed by atoms with E-state index in [2.05, 4.69) is 4.98 Å². The molecule has 3 heterocycles. The summed E-state index contributed by atoms with van der Waals surface area (Å²) in [4.78, 5) is 17.6. The van der Waals surface area contributed by atoms with Crippen LogP contribution in [-0.4, -0.2) is 47.3 Å². The van der Waals surface area contributed by atoms with Crippen LogP contribution in [0.1, 0.15) is 66.9 Å². The number of methoxy groups -OCH3 is 1. The minimum Gasteiger partial charge on any atom is -0.485 e. The van der Waals surface area contributed by atoms with Crippen LogP contribution in [-0.2, 0) is 17.8 Å². The number of hydrogen-bond acceptors (Lipinski definition) is 5. The average molecular weight is 613 g/mol. The number of hydrogen-bond donors (Lipinski definition) is 1. The van der Waals surface area contributed by atoms with Crippen molar-refractivity contribution in [2.45, 2.75) is 63.8 Å². The molecule has 2 aromatic carbocycles. The van der Waals surface area contributed by atoms with Gasteiger partial charge in [0.2, 0.25) is 5.88 Å². The van der Waals surface area contributed by atoms with E-state index in [0.717, 1.165) is 47.9 Å². The van der Waals surface area contributed by atoms with Gasteiger partial charge in [0, 0.05) is 24.7 Å². The summed E-state index contributed by atoms with van der Waals surface area (Å²) >= 11 is 0. The van der Waals surface area contributed by atoms with E-state index < -0.39 is 29.8 Å². The number of aromatic nitrogens is 1. The molecule has 1 aliphatic carbocycles. The molecule has 6 rings (SSSR count). The lowest BCUT2D eigenvalue weighted by molar-refractivity contribution is -0.170. The van der Waals surface area contributed by atoms with Crippen molar-refractivity contribution < 1.29 is 36.9 Å². The van der Waals surface area contributed by atoms with Crippen LogP contribution in [0, 0.1) is 23.6 Å². The fourth-order valence-electron chi connectivity index (χ4n) is 6.84. The van der Waals surface area contributed by atoms with Crippen LogP contribution in [0.2, 0.25) is 0 Å². The molecule has 0 amide bonds. The molecular formula is C34H36F4N2O4. The molecule has 1 unspecified atom stereocenters. The van der Waals surface area contributed by atoms with Crippen LogP contribution in [0.4, 0.5) is 17.6 Å². The van der Waals surface area contributed by atoms with E-state index in [4.69, 9.17) is 9.47 Å². The first-order valence-corrected chi connectivity index (χ1v) is 15.2. The van der Waals surface area contributed by atoms with Crippen molar-refractivity contribution in [3.8, 4) is 22.8 Å². The molecular weight excluding hydrogens is 576 g/mol. The number of aliphatic carboxylic acids is 1. The van der Waals surface area contributed by atoms with Gasteiger partial charge in [0.25, 0.3) is 0 Å². The maximum Gasteiger partial charge on any atom is 0.393 e. The molecule has 1 saturated carbocycles. The SMILES string of the molecule is COc1cc(-c2ccc(C3CCc4ccc([C@H](C5CC5)[C@H](C)C(=O)O)cc4O3)cc2CN2CC[C@H](C(F)(F)F)C2)c(F)cn1. The van der Waals surface area contributed by atoms with Crippen molar-refractivity contribution >= 4 is 5.97 Å². The quantitative estimate of drug-likeness (QED) is 0.252. The van der Waals surface area contributed by atoms with Gasteiger partial charge in [0.05, 0.1) is 25.1 Å². The Morgan fingerprint density at radius 1 is 1.11 bits per heavy atom.